The van der Waals surface area contributed by atoms with Crippen molar-refractivity contribution in [3.05, 3.63) is 63.2 Å². The molecule has 7 heteroatoms. The van der Waals surface area contributed by atoms with Crippen LogP contribution in [-0.4, -0.2) is 26.6 Å². The Bertz CT molecular complexity index is 876. The molecule has 2 aromatic carbocycles. The molecule has 3 rings (SSSR count). The van der Waals surface area contributed by atoms with Crippen molar-refractivity contribution < 1.29 is 17.3 Å². The van der Waals surface area contributed by atoms with Gasteiger partial charge in [0.25, 0.3) is 10.1 Å². The first-order chi connectivity index (χ1) is 11.3. The van der Waals surface area contributed by atoms with Gasteiger partial charge in [0.05, 0.1) is 4.90 Å². The molecule has 0 bridgehead atoms. The van der Waals surface area contributed by atoms with Gasteiger partial charge in [0.1, 0.15) is 6.61 Å². The Morgan fingerprint density at radius 3 is 2.38 bits per heavy atom. The Morgan fingerprint density at radius 2 is 1.75 bits per heavy atom. The summed E-state index contributed by atoms with van der Waals surface area (Å²) in [5.41, 5.74) is 0.487. The molecule has 0 saturated heterocycles. The Morgan fingerprint density at radius 1 is 1.12 bits per heavy atom. The highest BCUT2D eigenvalue weighted by atomic mass is 127. The zero-order valence-corrected chi connectivity index (χ0v) is 16.2. The van der Waals surface area contributed by atoms with Crippen LogP contribution in [0.5, 0.6) is 0 Å². The van der Waals surface area contributed by atoms with Crippen molar-refractivity contribution in [1.82, 2.24) is 0 Å². The molecule has 5 nitrogen and oxygen atoms in total. The summed E-state index contributed by atoms with van der Waals surface area (Å²) in [6, 6.07) is 14.1. The maximum absolute atomic E-state index is 12.4. The molecule has 0 aromatic heterocycles. The van der Waals surface area contributed by atoms with Crippen LogP contribution < -0.4 is 0 Å². The van der Waals surface area contributed by atoms with Crippen LogP contribution in [0.1, 0.15) is 18.1 Å². The van der Waals surface area contributed by atoms with Gasteiger partial charge in [-0.3, -0.25) is 0 Å². The lowest BCUT2D eigenvalue weighted by Crippen LogP contribution is -2.31. The molecule has 0 aliphatic carbocycles. The predicted octanol–water partition coefficient (Wildman–Crippen LogP) is 3.50. The number of hydrogen-bond donors (Lipinski definition) is 0. The minimum atomic E-state index is -3.92. The molecule has 1 aliphatic heterocycles. The third-order valence-electron chi connectivity index (χ3n) is 3.50. The molecule has 1 unspecified atom stereocenters. The second-order valence-corrected chi connectivity index (χ2v) is 8.53. The number of nitrogens with zero attached hydrogens (tertiary/aromatic N) is 1. The molecule has 1 heterocycles. The summed E-state index contributed by atoms with van der Waals surface area (Å²) >= 11 is 2.21. The molecular weight excluding hydrogens is 441 g/mol. The standard InChI is InChI=1S/C17H16INO4S/c1-12-3-9-15(10-4-12)24(20,21)23-17(2)11-22-16(19-17)13-5-7-14(18)8-6-13/h3-10H,11H2,1-2H3. The van der Waals surface area contributed by atoms with E-state index < -0.39 is 15.8 Å². The fraction of sp³-hybridized carbons (Fsp3) is 0.235. The van der Waals surface area contributed by atoms with Crippen LogP contribution in [0.2, 0.25) is 0 Å². The van der Waals surface area contributed by atoms with E-state index in [9.17, 15) is 8.42 Å². The monoisotopic (exact) mass is 457 g/mol. The van der Waals surface area contributed by atoms with Gasteiger partial charge in [0.15, 0.2) is 0 Å². The summed E-state index contributed by atoms with van der Waals surface area (Å²) in [7, 11) is -3.92. The van der Waals surface area contributed by atoms with Crippen molar-refractivity contribution in [2.24, 2.45) is 4.99 Å². The van der Waals surface area contributed by atoms with Gasteiger partial charge in [0.2, 0.25) is 11.6 Å². The van der Waals surface area contributed by atoms with E-state index in [1.54, 1.807) is 19.1 Å². The molecule has 0 radical (unpaired) electrons. The number of benzene rings is 2. The Labute approximate surface area is 155 Å². The smallest absolute Gasteiger partial charge is 0.299 e. The van der Waals surface area contributed by atoms with Crippen LogP contribution in [0.15, 0.2) is 58.4 Å². The third-order valence-corrected chi connectivity index (χ3v) is 5.65. The first-order valence-electron chi connectivity index (χ1n) is 7.28. The van der Waals surface area contributed by atoms with Crippen molar-refractivity contribution in [2.75, 3.05) is 6.61 Å². The van der Waals surface area contributed by atoms with Crippen LogP contribution in [0.4, 0.5) is 0 Å². The van der Waals surface area contributed by atoms with Gasteiger partial charge >= 0.3 is 0 Å². The van der Waals surface area contributed by atoms with E-state index in [1.807, 2.05) is 31.2 Å². The fourth-order valence-corrected chi connectivity index (χ4v) is 3.74. The van der Waals surface area contributed by atoms with Crippen molar-refractivity contribution in [3.63, 3.8) is 0 Å². The molecule has 0 spiro atoms. The molecule has 1 aliphatic rings. The average molecular weight is 457 g/mol. The normalized spacial score (nSPS) is 20.5. The summed E-state index contributed by atoms with van der Waals surface area (Å²) in [6.45, 7) is 3.53. The molecule has 24 heavy (non-hydrogen) atoms. The summed E-state index contributed by atoms with van der Waals surface area (Å²) in [5, 5.41) is 0. The molecule has 0 N–H and O–H groups in total. The lowest BCUT2D eigenvalue weighted by atomic mass is 10.2. The summed E-state index contributed by atoms with van der Waals surface area (Å²) in [5.74, 6) is 0.382. The van der Waals surface area contributed by atoms with Crippen molar-refractivity contribution in [3.8, 4) is 0 Å². The summed E-state index contributed by atoms with van der Waals surface area (Å²) < 4.78 is 36.9. The van der Waals surface area contributed by atoms with Gasteiger partial charge < -0.3 is 4.74 Å². The Balaban J connectivity index is 1.84. The van der Waals surface area contributed by atoms with Crippen molar-refractivity contribution in [2.45, 2.75) is 24.5 Å². The second-order valence-electron chi connectivity index (χ2n) is 5.74. The number of rotatable bonds is 4. The predicted molar refractivity (Wildman–Crippen MR) is 99.5 cm³/mol. The van der Waals surface area contributed by atoms with Crippen LogP contribution >= 0.6 is 22.6 Å². The first kappa shape index (κ1) is 17.4. The van der Waals surface area contributed by atoms with Gasteiger partial charge in [-0.25, -0.2) is 9.18 Å². The minimum Gasteiger partial charge on any atom is -0.472 e. The number of aryl methyl sites for hydroxylation is 1. The third kappa shape index (κ3) is 3.79. The summed E-state index contributed by atoms with van der Waals surface area (Å²) in [6.07, 6.45) is 0. The lowest BCUT2D eigenvalue weighted by molar-refractivity contribution is 0.0725. The molecule has 126 valence electrons. The highest BCUT2D eigenvalue weighted by molar-refractivity contribution is 14.1. The van der Waals surface area contributed by atoms with Gasteiger partial charge in [-0.2, -0.15) is 8.42 Å². The van der Waals surface area contributed by atoms with E-state index in [4.69, 9.17) is 8.92 Å². The minimum absolute atomic E-state index is 0.0411. The molecule has 0 fully saturated rings. The quantitative estimate of drug-likeness (QED) is 0.521. The van der Waals surface area contributed by atoms with E-state index in [1.165, 1.54) is 12.1 Å². The van der Waals surface area contributed by atoms with Crippen LogP contribution in [-0.2, 0) is 19.0 Å². The van der Waals surface area contributed by atoms with Crippen molar-refractivity contribution >= 4 is 38.6 Å². The van der Waals surface area contributed by atoms with Gasteiger partial charge in [0, 0.05) is 9.13 Å². The molecular formula is C17H16INO4S. The zero-order valence-electron chi connectivity index (χ0n) is 13.2. The first-order valence-corrected chi connectivity index (χ1v) is 9.77. The molecule has 0 amide bonds. The number of ether oxygens (including phenoxy) is 1. The number of hydrogen-bond acceptors (Lipinski definition) is 5. The molecule has 2 aromatic rings. The maximum atomic E-state index is 12.4. The second kappa shape index (κ2) is 6.45. The molecule has 1 atom stereocenters. The van der Waals surface area contributed by atoms with Crippen LogP contribution in [0.25, 0.3) is 0 Å². The molecule has 0 saturated carbocycles. The maximum Gasteiger partial charge on any atom is 0.299 e. The SMILES string of the molecule is Cc1ccc(S(=O)(=O)OC2(C)COC(c3ccc(I)cc3)=N2)cc1. The number of halogens is 1. The van der Waals surface area contributed by atoms with E-state index >= 15 is 0 Å². The lowest BCUT2D eigenvalue weighted by Gasteiger charge is -2.18. The highest BCUT2D eigenvalue weighted by Gasteiger charge is 2.38. The van der Waals surface area contributed by atoms with Gasteiger partial charge in [-0.1, -0.05) is 17.7 Å². The largest absolute Gasteiger partial charge is 0.472 e. The van der Waals surface area contributed by atoms with Crippen molar-refractivity contribution in [1.29, 1.82) is 0 Å². The zero-order chi connectivity index (χ0) is 17.4. The van der Waals surface area contributed by atoms with E-state index in [0.29, 0.717) is 5.90 Å². The van der Waals surface area contributed by atoms with Crippen LogP contribution in [0, 0.1) is 10.5 Å². The topological polar surface area (TPSA) is 65.0 Å². The highest BCUT2D eigenvalue weighted by Crippen LogP contribution is 2.28. The van der Waals surface area contributed by atoms with Gasteiger partial charge in [-0.15, -0.1) is 0 Å². The van der Waals surface area contributed by atoms with Gasteiger partial charge in [-0.05, 0) is 72.8 Å². The van der Waals surface area contributed by atoms with E-state index in [2.05, 4.69) is 27.6 Å². The Kier molecular flexibility index (Phi) is 4.67. The van der Waals surface area contributed by atoms with Crippen LogP contribution in [0.3, 0.4) is 0 Å². The number of aliphatic imine (C=N–C) groups is 1. The van der Waals surface area contributed by atoms with E-state index in [0.717, 1.165) is 14.7 Å². The van der Waals surface area contributed by atoms with E-state index in [-0.39, 0.29) is 11.5 Å². The fourth-order valence-electron chi connectivity index (χ4n) is 2.25. The Hall–Kier alpha value is -1.45. The average Bonchev–Trinajstić information content (AvgIpc) is 2.89. The summed E-state index contributed by atoms with van der Waals surface area (Å²) in [4.78, 5) is 4.44.